The molecule has 7 heteroatoms. The molecule has 2 aromatic rings. The second kappa shape index (κ2) is 7.15. The number of benzene rings is 2. The molecule has 0 bridgehead atoms. The average Bonchev–Trinajstić information content (AvgIpc) is 2.54. The van der Waals surface area contributed by atoms with Gasteiger partial charge in [0, 0.05) is 0 Å². The highest BCUT2D eigenvalue weighted by Gasteiger charge is 2.13. The predicted molar refractivity (Wildman–Crippen MR) is 88.3 cm³/mol. The van der Waals surface area contributed by atoms with Crippen molar-refractivity contribution in [2.45, 2.75) is 18.7 Å². The summed E-state index contributed by atoms with van der Waals surface area (Å²) in [4.78, 5) is 2.30. The summed E-state index contributed by atoms with van der Waals surface area (Å²) in [6.07, 6.45) is 0. The van der Waals surface area contributed by atoms with Crippen LogP contribution >= 0.6 is 0 Å². The minimum atomic E-state index is -3.75. The minimum Gasteiger partial charge on any atom is -0.508 e. The van der Waals surface area contributed by atoms with Crippen LogP contribution in [0.3, 0.4) is 0 Å². The monoisotopic (exact) mass is 334 g/mol. The molecule has 2 rings (SSSR count). The third-order valence-corrected chi connectivity index (χ3v) is 4.29. The maximum Gasteiger partial charge on any atom is 0.276 e. The van der Waals surface area contributed by atoms with E-state index in [1.165, 1.54) is 24.3 Å². The lowest BCUT2D eigenvalue weighted by molar-refractivity contribution is 0.340. The number of hydrogen-bond acceptors (Lipinski definition) is 5. The van der Waals surface area contributed by atoms with Crippen LogP contribution in [-0.2, 0) is 10.0 Å². The van der Waals surface area contributed by atoms with Crippen LogP contribution < -0.4 is 9.57 Å². The van der Waals surface area contributed by atoms with E-state index in [0.717, 1.165) is 0 Å². The lowest BCUT2D eigenvalue weighted by Gasteiger charge is -2.07. The number of rotatable bonds is 6. The Hall–Kier alpha value is -2.54. The summed E-state index contributed by atoms with van der Waals surface area (Å²) in [6.45, 7) is 4.04. The van der Waals surface area contributed by atoms with Crippen molar-refractivity contribution in [2.75, 3.05) is 6.61 Å². The summed E-state index contributed by atoms with van der Waals surface area (Å²) in [6, 6.07) is 12.4. The molecular formula is C16H18N2O4S. The molecule has 0 radical (unpaired) electrons. The molecule has 0 aliphatic heterocycles. The van der Waals surface area contributed by atoms with Crippen LogP contribution in [0.4, 0.5) is 0 Å². The van der Waals surface area contributed by atoms with E-state index in [-0.39, 0.29) is 10.6 Å². The van der Waals surface area contributed by atoms with Gasteiger partial charge in [0.25, 0.3) is 10.0 Å². The fourth-order valence-corrected chi connectivity index (χ4v) is 2.69. The highest BCUT2D eigenvalue weighted by molar-refractivity contribution is 7.89. The number of ether oxygens (including phenoxy) is 1. The van der Waals surface area contributed by atoms with E-state index in [0.29, 0.717) is 23.6 Å². The zero-order chi connectivity index (χ0) is 16.9. The first-order valence-corrected chi connectivity index (χ1v) is 8.49. The van der Waals surface area contributed by atoms with Gasteiger partial charge in [-0.1, -0.05) is 0 Å². The fourth-order valence-electron chi connectivity index (χ4n) is 1.83. The Balaban J connectivity index is 2.14. The number of hydrazone groups is 1. The highest BCUT2D eigenvalue weighted by atomic mass is 32.2. The summed E-state index contributed by atoms with van der Waals surface area (Å²) in [5.74, 6) is 0.742. The third kappa shape index (κ3) is 4.46. The van der Waals surface area contributed by atoms with Gasteiger partial charge in [0.2, 0.25) is 0 Å². The van der Waals surface area contributed by atoms with Crippen molar-refractivity contribution in [3.8, 4) is 11.5 Å². The zero-order valence-electron chi connectivity index (χ0n) is 12.9. The van der Waals surface area contributed by atoms with Crippen LogP contribution in [0.25, 0.3) is 0 Å². The second-order valence-electron chi connectivity index (χ2n) is 4.74. The predicted octanol–water partition coefficient (Wildman–Crippen LogP) is 2.49. The van der Waals surface area contributed by atoms with Crippen molar-refractivity contribution >= 4 is 15.7 Å². The maximum atomic E-state index is 12.2. The summed E-state index contributed by atoms with van der Waals surface area (Å²) >= 11 is 0. The highest BCUT2D eigenvalue weighted by Crippen LogP contribution is 2.16. The Morgan fingerprint density at radius 1 is 1.13 bits per heavy atom. The van der Waals surface area contributed by atoms with E-state index in [4.69, 9.17) is 4.74 Å². The SMILES string of the molecule is CCOc1ccc(S(=O)(=O)N/N=C(\C)c2ccc(O)cc2)cc1. The molecule has 0 unspecified atom stereocenters. The number of phenols is 1. The van der Waals surface area contributed by atoms with Gasteiger partial charge >= 0.3 is 0 Å². The van der Waals surface area contributed by atoms with Gasteiger partial charge in [-0.25, -0.2) is 0 Å². The van der Waals surface area contributed by atoms with Crippen molar-refractivity contribution in [1.29, 1.82) is 0 Å². The number of nitrogens with zero attached hydrogens (tertiary/aromatic N) is 1. The number of hydrogen-bond donors (Lipinski definition) is 2. The van der Waals surface area contributed by atoms with Gasteiger partial charge in [0.15, 0.2) is 0 Å². The van der Waals surface area contributed by atoms with Crippen molar-refractivity contribution in [1.82, 2.24) is 4.83 Å². The molecular weight excluding hydrogens is 316 g/mol. The largest absolute Gasteiger partial charge is 0.508 e. The summed E-state index contributed by atoms with van der Waals surface area (Å²) in [5.41, 5.74) is 1.19. The summed E-state index contributed by atoms with van der Waals surface area (Å²) in [7, 11) is -3.75. The normalized spacial score (nSPS) is 12.0. The molecule has 0 heterocycles. The molecule has 0 spiro atoms. The maximum absolute atomic E-state index is 12.2. The van der Waals surface area contributed by atoms with Crippen molar-refractivity contribution in [3.05, 3.63) is 54.1 Å². The Morgan fingerprint density at radius 2 is 1.74 bits per heavy atom. The number of phenolic OH excluding ortho intramolecular Hbond substituents is 1. The number of aromatic hydroxyl groups is 1. The molecule has 0 aromatic heterocycles. The van der Waals surface area contributed by atoms with E-state index < -0.39 is 10.0 Å². The zero-order valence-corrected chi connectivity index (χ0v) is 13.7. The third-order valence-electron chi connectivity index (χ3n) is 3.06. The molecule has 0 atom stereocenters. The second-order valence-corrected chi connectivity index (χ2v) is 6.40. The molecule has 0 aliphatic rings. The van der Waals surface area contributed by atoms with Crippen molar-refractivity contribution in [2.24, 2.45) is 5.10 Å². The molecule has 0 fully saturated rings. The molecule has 0 saturated heterocycles. The van der Waals surface area contributed by atoms with Gasteiger partial charge < -0.3 is 9.84 Å². The van der Waals surface area contributed by atoms with Crippen LogP contribution in [0.1, 0.15) is 19.4 Å². The van der Waals surface area contributed by atoms with Gasteiger partial charge in [-0.05, 0) is 67.9 Å². The summed E-state index contributed by atoms with van der Waals surface area (Å²) in [5, 5.41) is 13.1. The van der Waals surface area contributed by atoms with Gasteiger partial charge in [0.1, 0.15) is 11.5 Å². The van der Waals surface area contributed by atoms with Crippen LogP contribution in [-0.4, -0.2) is 25.8 Å². The Kier molecular flexibility index (Phi) is 5.23. The fraction of sp³-hybridized carbons (Fsp3) is 0.188. The van der Waals surface area contributed by atoms with Crippen molar-refractivity contribution in [3.63, 3.8) is 0 Å². The van der Waals surface area contributed by atoms with Gasteiger partial charge in [-0.15, -0.1) is 0 Å². The number of nitrogens with one attached hydrogen (secondary N) is 1. The van der Waals surface area contributed by atoms with Crippen LogP contribution in [0, 0.1) is 0 Å². The lowest BCUT2D eigenvalue weighted by atomic mass is 10.1. The van der Waals surface area contributed by atoms with Crippen molar-refractivity contribution < 1.29 is 18.3 Å². The van der Waals surface area contributed by atoms with E-state index >= 15 is 0 Å². The van der Waals surface area contributed by atoms with Gasteiger partial charge in [-0.3, -0.25) is 0 Å². The van der Waals surface area contributed by atoms with Crippen LogP contribution in [0.2, 0.25) is 0 Å². The standard InChI is InChI=1S/C16H18N2O4S/c1-3-22-15-8-10-16(11-9-15)23(20,21)18-17-12(2)13-4-6-14(19)7-5-13/h4-11,18-19H,3H2,1-2H3/b17-12+. The first-order valence-electron chi connectivity index (χ1n) is 7.01. The first kappa shape index (κ1) is 16.8. The Bertz CT molecular complexity index is 782. The molecule has 23 heavy (non-hydrogen) atoms. The molecule has 0 amide bonds. The lowest BCUT2D eigenvalue weighted by Crippen LogP contribution is -2.19. The van der Waals surface area contributed by atoms with E-state index in [1.807, 2.05) is 6.92 Å². The Labute approximate surface area is 135 Å². The van der Waals surface area contributed by atoms with Crippen LogP contribution in [0.5, 0.6) is 11.5 Å². The molecule has 6 nitrogen and oxygen atoms in total. The molecule has 0 aliphatic carbocycles. The number of sulfonamides is 1. The molecule has 2 aromatic carbocycles. The minimum absolute atomic E-state index is 0.100. The van der Waals surface area contributed by atoms with E-state index in [1.54, 1.807) is 31.2 Å². The Morgan fingerprint density at radius 3 is 2.30 bits per heavy atom. The van der Waals surface area contributed by atoms with E-state index in [9.17, 15) is 13.5 Å². The van der Waals surface area contributed by atoms with Gasteiger partial charge in [-0.2, -0.15) is 18.4 Å². The molecule has 122 valence electrons. The quantitative estimate of drug-likeness (QED) is 0.627. The average molecular weight is 334 g/mol. The first-order chi connectivity index (χ1) is 10.9. The van der Waals surface area contributed by atoms with E-state index in [2.05, 4.69) is 9.93 Å². The van der Waals surface area contributed by atoms with Gasteiger partial charge in [0.05, 0.1) is 17.2 Å². The topological polar surface area (TPSA) is 88.0 Å². The summed E-state index contributed by atoms with van der Waals surface area (Å²) < 4.78 is 29.7. The molecule has 2 N–H and O–H groups in total. The molecule has 0 saturated carbocycles. The smallest absolute Gasteiger partial charge is 0.276 e. The van der Waals surface area contributed by atoms with Crippen LogP contribution in [0.15, 0.2) is 58.5 Å².